The summed E-state index contributed by atoms with van der Waals surface area (Å²) in [4.78, 5) is 23.2. The van der Waals surface area contributed by atoms with Crippen LogP contribution < -0.4 is 9.80 Å². The van der Waals surface area contributed by atoms with E-state index in [0.717, 1.165) is 68.1 Å². The topological polar surface area (TPSA) is 84.6 Å². The quantitative estimate of drug-likeness (QED) is 0.652. The van der Waals surface area contributed by atoms with Crippen molar-refractivity contribution in [3.8, 4) is 0 Å². The molecule has 0 amide bonds. The molecule has 2 aliphatic heterocycles. The molecule has 0 atom stereocenters. The first kappa shape index (κ1) is 18.9. The third-order valence-electron chi connectivity index (χ3n) is 5.59. The van der Waals surface area contributed by atoms with Gasteiger partial charge < -0.3 is 14.5 Å². The number of rotatable bonds is 4. The molecular formula is C21H26N8O. The van der Waals surface area contributed by atoms with Crippen LogP contribution in [0.3, 0.4) is 0 Å². The molecule has 9 heteroatoms. The Balaban J connectivity index is 1.48. The lowest BCUT2D eigenvalue weighted by Crippen LogP contribution is -2.37. The molecule has 2 fully saturated rings. The van der Waals surface area contributed by atoms with Gasteiger partial charge in [-0.2, -0.15) is 0 Å². The average molecular weight is 406 g/mol. The lowest BCUT2D eigenvalue weighted by Gasteiger charge is -2.29. The number of ether oxygens (including phenoxy) is 1. The van der Waals surface area contributed by atoms with Gasteiger partial charge in [-0.15, -0.1) is 5.10 Å². The Morgan fingerprint density at radius 2 is 1.53 bits per heavy atom. The Hall–Kier alpha value is -3.07. The summed E-state index contributed by atoms with van der Waals surface area (Å²) in [6.07, 6.45) is 8.00. The van der Waals surface area contributed by atoms with Crippen LogP contribution in [0.4, 0.5) is 11.6 Å². The summed E-state index contributed by atoms with van der Waals surface area (Å²) in [5.41, 5.74) is 2.58. The molecule has 5 rings (SSSR count). The molecule has 3 aromatic heterocycles. The Bertz CT molecular complexity index is 1040. The van der Waals surface area contributed by atoms with Crippen LogP contribution in [-0.4, -0.2) is 68.9 Å². The van der Waals surface area contributed by atoms with E-state index < -0.39 is 0 Å². The molecule has 0 saturated carbocycles. The summed E-state index contributed by atoms with van der Waals surface area (Å²) in [5, 5.41) is 4.59. The van der Waals surface area contributed by atoms with Crippen molar-refractivity contribution in [1.29, 1.82) is 0 Å². The number of aromatic nitrogens is 6. The molecule has 0 unspecified atom stereocenters. The number of aryl methyl sites for hydroxylation is 2. The molecule has 0 bridgehead atoms. The maximum absolute atomic E-state index is 5.50. The first-order valence-corrected chi connectivity index (χ1v) is 10.5. The minimum absolute atomic E-state index is 0.622. The zero-order chi connectivity index (χ0) is 20.5. The predicted octanol–water partition coefficient (Wildman–Crippen LogP) is 2.14. The molecule has 0 aliphatic carbocycles. The van der Waals surface area contributed by atoms with Gasteiger partial charge in [-0.1, -0.05) is 0 Å². The molecule has 0 spiro atoms. The minimum atomic E-state index is 0.622. The molecule has 0 radical (unpaired) electrons. The van der Waals surface area contributed by atoms with E-state index >= 15 is 0 Å². The lowest BCUT2D eigenvalue weighted by molar-refractivity contribution is 0.122. The van der Waals surface area contributed by atoms with E-state index in [1.54, 1.807) is 0 Å². The second-order valence-corrected chi connectivity index (χ2v) is 7.76. The van der Waals surface area contributed by atoms with Crippen molar-refractivity contribution in [3.05, 3.63) is 35.3 Å². The molecule has 9 nitrogen and oxygen atoms in total. The highest BCUT2D eigenvalue weighted by Gasteiger charge is 2.19. The standard InChI is InChI=1S/C21H26N8O/c1-15-14-22-16(2)21-25-18(26-29(15)21)6-5-17-23-19(27-7-3-4-8-27)13-20(24-17)28-9-11-30-12-10-28/h5-6,13-14H,3-4,7-12H2,1-2H3. The highest BCUT2D eigenvalue weighted by Crippen LogP contribution is 2.24. The first-order chi connectivity index (χ1) is 14.7. The summed E-state index contributed by atoms with van der Waals surface area (Å²) in [7, 11) is 0. The maximum atomic E-state index is 5.50. The molecule has 0 N–H and O–H groups in total. The second-order valence-electron chi connectivity index (χ2n) is 7.76. The van der Waals surface area contributed by atoms with Gasteiger partial charge in [0, 0.05) is 38.4 Å². The van der Waals surface area contributed by atoms with Gasteiger partial charge in [-0.05, 0) is 38.8 Å². The summed E-state index contributed by atoms with van der Waals surface area (Å²) >= 11 is 0. The van der Waals surface area contributed by atoms with Gasteiger partial charge in [0.15, 0.2) is 17.3 Å². The zero-order valence-corrected chi connectivity index (χ0v) is 17.5. The SMILES string of the molecule is Cc1ncc(C)n2nc(C=Cc3nc(N4CCCC4)cc(N4CCOCC4)n3)nc12. The third kappa shape index (κ3) is 3.72. The minimum Gasteiger partial charge on any atom is -0.378 e. The number of fused-ring (bicyclic) bond motifs is 1. The van der Waals surface area contributed by atoms with Gasteiger partial charge in [-0.3, -0.25) is 4.98 Å². The second kappa shape index (κ2) is 7.98. The predicted molar refractivity (Wildman–Crippen MR) is 116 cm³/mol. The average Bonchev–Trinajstić information content (AvgIpc) is 3.46. The fraction of sp³-hybridized carbons (Fsp3) is 0.476. The van der Waals surface area contributed by atoms with Crippen LogP contribution in [0.5, 0.6) is 0 Å². The number of nitrogens with zero attached hydrogens (tertiary/aromatic N) is 8. The van der Waals surface area contributed by atoms with Crippen LogP contribution in [0, 0.1) is 13.8 Å². The van der Waals surface area contributed by atoms with Crippen LogP contribution in [0.1, 0.15) is 35.9 Å². The summed E-state index contributed by atoms with van der Waals surface area (Å²) in [6, 6.07) is 2.11. The van der Waals surface area contributed by atoms with Crippen molar-refractivity contribution in [2.75, 3.05) is 49.2 Å². The van der Waals surface area contributed by atoms with Crippen LogP contribution in [-0.2, 0) is 4.74 Å². The monoisotopic (exact) mass is 406 g/mol. The Kier molecular flexibility index (Phi) is 5.04. The van der Waals surface area contributed by atoms with Gasteiger partial charge in [0.25, 0.3) is 0 Å². The molecule has 30 heavy (non-hydrogen) atoms. The van der Waals surface area contributed by atoms with Gasteiger partial charge in [-0.25, -0.2) is 19.5 Å². The van der Waals surface area contributed by atoms with E-state index in [-0.39, 0.29) is 0 Å². The van der Waals surface area contributed by atoms with Crippen LogP contribution in [0.25, 0.3) is 17.8 Å². The van der Waals surface area contributed by atoms with Crippen LogP contribution >= 0.6 is 0 Å². The summed E-state index contributed by atoms with van der Waals surface area (Å²) in [6.45, 7) is 9.15. The smallest absolute Gasteiger partial charge is 0.177 e. The van der Waals surface area contributed by atoms with E-state index in [0.29, 0.717) is 11.6 Å². The van der Waals surface area contributed by atoms with Crippen molar-refractivity contribution in [1.82, 2.24) is 29.5 Å². The molecule has 5 heterocycles. The van der Waals surface area contributed by atoms with Gasteiger partial charge in [0.2, 0.25) is 0 Å². The van der Waals surface area contributed by atoms with Crippen molar-refractivity contribution < 1.29 is 4.74 Å². The first-order valence-electron chi connectivity index (χ1n) is 10.5. The zero-order valence-electron chi connectivity index (χ0n) is 17.5. The number of hydrogen-bond acceptors (Lipinski definition) is 8. The maximum Gasteiger partial charge on any atom is 0.177 e. The molecular weight excluding hydrogens is 380 g/mol. The van der Waals surface area contributed by atoms with Crippen LogP contribution in [0.2, 0.25) is 0 Å². The molecule has 156 valence electrons. The number of morpholine rings is 1. The Morgan fingerprint density at radius 1 is 0.867 bits per heavy atom. The Labute approximate surface area is 175 Å². The number of anilines is 2. The van der Waals surface area contributed by atoms with Crippen molar-refractivity contribution in [2.24, 2.45) is 0 Å². The normalized spacial score (nSPS) is 17.5. The highest BCUT2D eigenvalue weighted by molar-refractivity contribution is 5.66. The largest absolute Gasteiger partial charge is 0.378 e. The lowest BCUT2D eigenvalue weighted by atomic mass is 10.3. The van der Waals surface area contributed by atoms with Crippen molar-refractivity contribution >= 4 is 29.4 Å². The van der Waals surface area contributed by atoms with E-state index in [1.165, 1.54) is 12.8 Å². The fourth-order valence-corrected chi connectivity index (χ4v) is 3.91. The molecule has 2 saturated heterocycles. The van der Waals surface area contributed by atoms with E-state index in [4.69, 9.17) is 14.7 Å². The fourth-order valence-electron chi connectivity index (χ4n) is 3.91. The van der Waals surface area contributed by atoms with Gasteiger partial charge in [0.1, 0.15) is 11.6 Å². The molecule has 2 aliphatic rings. The van der Waals surface area contributed by atoms with E-state index in [1.807, 2.05) is 36.7 Å². The Morgan fingerprint density at radius 3 is 2.23 bits per heavy atom. The third-order valence-corrected chi connectivity index (χ3v) is 5.59. The summed E-state index contributed by atoms with van der Waals surface area (Å²) in [5.74, 6) is 3.24. The van der Waals surface area contributed by atoms with Gasteiger partial charge >= 0.3 is 0 Å². The van der Waals surface area contributed by atoms with Crippen LogP contribution in [0.15, 0.2) is 12.3 Å². The highest BCUT2D eigenvalue weighted by atomic mass is 16.5. The molecule has 0 aromatic carbocycles. The van der Waals surface area contributed by atoms with Crippen molar-refractivity contribution in [2.45, 2.75) is 26.7 Å². The van der Waals surface area contributed by atoms with Crippen molar-refractivity contribution in [3.63, 3.8) is 0 Å². The molecule has 3 aromatic rings. The van der Waals surface area contributed by atoms with E-state index in [9.17, 15) is 0 Å². The summed E-state index contributed by atoms with van der Waals surface area (Å²) < 4.78 is 7.32. The van der Waals surface area contributed by atoms with Gasteiger partial charge in [0.05, 0.1) is 24.6 Å². The number of hydrogen-bond donors (Lipinski definition) is 0. The van der Waals surface area contributed by atoms with E-state index in [2.05, 4.69) is 30.9 Å².